The smallest absolute Gasteiger partial charge is 0.195 e. The second-order valence-electron chi connectivity index (χ2n) is 6.75. The maximum Gasteiger partial charge on any atom is 0.195 e. The number of carbonyl (C=O) groups excluding carboxylic acids is 2. The van der Waals surface area contributed by atoms with Gasteiger partial charge in [-0.25, -0.2) is 0 Å². The molecule has 4 rings (SSSR count). The molecule has 0 saturated heterocycles. The number of anilines is 1. The third kappa shape index (κ3) is 6.07. The summed E-state index contributed by atoms with van der Waals surface area (Å²) in [5.74, 6) is -0.143. The topological polar surface area (TPSA) is 60.2 Å². The van der Waals surface area contributed by atoms with Crippen LogP contribution in [0.3, 0.4) is 0 Å². The lowest BCUT2D eigenvalue weighted by Crippen LogP contribution is -2.04. The molecule has 2 N–H and O–H groups in total. The van der Waals surface area contributed by atoms with E-state index in [0.717, 1.165) is 4.47 Å². The minimum absolute atomic E-state index is 0.0324. The molecule has 0 amide bonds. The molecule has 6 heteroatoms. The summed E-state index contributed by atoms with van der Waals surface area (Å²) in [4.78, 5) is 24.2. The van der Waals surface area contributed by atoms with Gasteiger partial charge in [0, 0.05) is 42.5 Å². The van der Waals surface area contributed by atoms with Crippen molar-refractivity contribution in [1.82, 2.24) is 0 Å². The molecule has 0 atom stereocenters. The van der Waals surface area contributed by atoms with Crippen LogP contribution >= 0.6 is 39.1 Å². The number of ketones is 2. The Hall–Kier alpha value is -2.92. The molecule has 0 saturated carbocycles. The van der Waals surface area contributed by atoms with Gasteiger partial charge in [-0.2, -0.15) is 0 Å². The Bertz CT molecular complexity index is 1150. The SMILES string of the molecule is Nc1ccc(Cl)cc1C(=O)c1ccccc1.O=C(c1ccccc1)c1cc(Cl)ccc1Br. The molecule has 4 aromatic carbocycles. The normalized spacial score (nSPS) is 10.1. The van der Waals surface area contributed by atoms with Gasteiger partial charge in [-0.05, 0) is 36.4 Å². The molecular weight excluding hydrogens is 509 g/mol. The van der Waals surface area contributed by atoms with Gasteiger partial charge < -0.3 is 5.73 Å². The number of halogens is 3. The number of hydrogen-bond donors (Lipinski definition) is 1. The molecule has 0 aliphatic carbocycles. The van der Waals surface area contributed by atoms with Gasteiger partial charge >= 0.3 is 0 Å². The zero-order chi connectivity index (χ0) is 23.1. The summed E-state index contributed by atoms with van der Waals surface area (Å²) in [6.07, 6.45) is 0. The van der Waals surface area contributed by atoms with E-state index < -0.39 is 0 Å². The number of rotatable bonds is 4. The van der Waals surface area contributed by atoms with Gasteiger partial charge in [0.05, 0.1) is 0 Å². The molecule has 3 nitrogen and oxygen atoms in total. The molecule has 0 aromatic heterocycles. The third-order valence-corrected chi connectivity index (χ3v) is 5.67. The highest BCUT2D eigenvalue weighted by Crippen LogP contribution is 2.24. The highest BCUT2D eigenvalue weighted by molar-refractivity contribution is 9.10. The summed E-state index contributed by atoms with van der Waals surface area (Å²) in [5.41, 5.74) is 8.48. The Balaban J connectivity index is 0.000000181. The molecular formula is C26H18BrCl2NO2. The minimum Gasteiger partial charge on any atom is -0.398 e. The molecule has 0 fully saturated rings. The highest BCUT2D eigenvalue weighted by atomic mass is 79.9. The molecule has 0 spiro atoms. The van der Waals surface area contributed by atoms with Gasteiger partial charge in [0.2, 0.25) is 0 Å². The second kappa shape index (κ2) is 11.1. The van der Waals surface area contributed by atoms with Crippen LogP contribution in [0, 0.1) is 0 Å². The van der Waals surface area contributed by atoms with Crippen molar-refractivity contribution in [2.24, 2.45) is 0 Å². The second-order valence-corrected chi connectivity index (χ2v) is 8.47. The van der Waals surface area contributed by atoms with E-state index in [-0.39, 0.29) is 11.6 Å². The first-order valence-corrected chi connectivity index (χ1v) is 11.1. The van der Waals surface area contributed by atoms with Crippen LogP contribution in [-0.2, 0) is 0 Å². The zero-order valence-electron chi connectivity index (χ0n) is 16.8. The van der Waals surface area contributed by atoms with Crippen LogP contribution in [0.2, 0.25) is 10.0 Å². The van der Waals surface area contributed by atoms with Gasteiger partial charge in [-0.3, -0.25) is 9.59 Å². The largest absolute Gasteiger partial charge is 0.398 e. The van der Waals surface area contributed by atoms with Crippen LogP contribution in [-0.4, -0.2) is 11.6 Å². The Morgan fingerprint density at radius 2 is 1.06 bits per heavy atom. The van der Waals surface area contributed by atoms with Gasteiger partial charge in [-0.1, -0.05) is 99.8 Å². The number of nitrogen functional groups attached to an aromatic ring is 1. The van der Waals surface area contributed by atoms with Crippen molar-refractivity contribution in [3.63, 3.8) is 0 Å². The van der Waals surface area contributed by atoms with Crippen molar-refractivity contribution in [3.05, 3.63) is 134 Å². The van der Waals surface area contributed by atoms with E-state index in [9.17, 15) is 9.59 Å². The first-order chi connectivity index (χ1) is 15.4. The van der Waals surface area contributed by atoms with Gasteiger partial charge in [0.1, 0.15) is 0 Å². The monoisotopic (exact) mass is 525 g/mol. The van der Waals surface area contributed by atoms with Crippen molar-refractivity contribution >= 4 is 56.4 Å². The number of carbonyl (C=O) groups is 2. The fourth-order valence-corrected chi connectivity index (χ4v) is 3.66. The lowest BCUT2D eigenvalue weighted by Gasteiger charge is -2.05. The van der Waals surface area contributed by atoms with Crippen LogP contribution in [0.4, 0.5) is 5.69 Å². The number of nitrogens with two attached hydrogens (primary N) is 1. The van der Waals surface area contributed by atoms with Crippen molar-refractivity contribution in [1.29, 1.82) is 0 Å². The summed E-state index contributed by atoms with van der Waals surface area (Å²) < 4.78 is 0.755. The van der Waals surface area contributed by atoms with E-state index in [4.69, 9.17) is 28.9 Å². The maximum absolute atomic E-state index is 12.1. The molecule has 0 heterocycles. The minimum atomic E-state index is -0.111. The highest BCUT2D eigenvalue weighted by Gasteiger charge is 2.13. The first kappa shape index (κ1) is 23.7. The quantitative estimate of drug-likeness (QED) is 0.221. The van der Waals surface area contributed by atoms with Crippen LogP contribution in [0.5, 0.6) is 0 Å². The number of benzene rings is 4. The van der Waals surface area contributed by atoms with Crippen molar-refractivity contribution in [2.75, 3.05) is 5.73 Å². The Morgan fingerprint density at radius 3 is 1.59 bits per heavy atom. The molecule has 0 aliphatic heterocycles. The Labute approximate surface area is 204 Å². The van der Waals surface area contributed by atoms with E-state index in [0.29, 0.717) is 38.0 Å². The van der Waals surface area contributed by atoms with E-state index in [1.165, 1.54) is 0 Å². The fraction of sp³-hybridized carbons (Fsp3) is 0. The van der Waals surface area contributed by atoms with Crippen molar-refractivity contribution in [3.8, 4) is 0 Å². The fourth-order valence-electron chi connectivity index (χ4n) is 2.89. The zero-order valence-corrected chi connectivity index (χ0v) is 19.9. The molecule has 0 bridgehead atoms. The van der Waals surface area contributed by atoms with Crippen LogP contribution in [0.25, 0.3) is 0 Å². The van der Waals surface area contributed by atoms with E-state index in [1.54, 1.807) is 60.7 Å². The summed E-state index contributed by atoms with van der Waals surface area (Å²) in [7, 11) is 0. The summed E-state index contributed by atoms with van der Waals surface area (Å²) >= 11 is 15.1. The van der Waals surface area contributed by atoms with E-state index in [1.807, 2.05) is 36.4 Å². The van der Waals surface area contributed by atoms with Gasteiger partial charge in [0.25, 0.3) is 0 Å². The summed E-state index contributed by atoms with van der Waals surface area (Å²) in [6.45, 7) is 0. The molecule has 4 aromatic rings. The average molecular weight is 527 g/mol. The van der Waals surface area contributed by atoms with Crippen LogP contribution in [0.15, 0.2) is 102 Å². The predicted octanol–water partition coefficient (Wildman–Crippen LogP) is 7.49. The van der Waals surface area contributed by atoms with Crippen LogP contribution in [0.1, 0.15) is 31.8 Å². The van der Waals surface area contributed by atoms with E-state index >= 15 is 0 Å². The maximum atomic E-state index is 12.1. The van der Waals surface area contributed by atoms with Gasteiger partial charge in [-0.15, -0.1) is 0 Å². The standard InChI is InChI=1S/C13H8BrClO.C13H10ClNO/c14-12-7-6-10(15)8-11(12)13(16)9-4-2-1-3-5-9;14-10-6-7-12(15)11(8-10)13(16)9-4-2-1-3-5-9/h1-8H;1-8H,15H2. The first-order valence-electron chi connectivity index (χ1n) is 9.56. The number of hydrogen-bond acceptors (Lipinski definition) is 3. The van der Waals surface area contributed by atoms with E-state index in [2.05, 4.69) is 15.9 Å². The van der Waals surface area contributed by atoms with Crippen LogP contribution < -0.4 is 5.73 Å². The van der Waals surface area contributed by atoms with Gasteiger partial charge in [0.15, 0.2) is 11.6 Å². The lowest BCUT2D eigenvalue weighted by molar-refractivity contribution is 0.103. The molecule has 0 unspecified atom stereocenters. The molecule has 32 heavy (non-hydrogen) atoms. The van der Waals surface area contributed by atoms with Crippen molar-refractivity contribution < 1.29 is 9.59 Å². The van der Waals surface area contributed by atoms with Crippen molar-refractivity contribution in [2.45, 2.75) is 0 Å². The lowest BCUT2D eigenvalue weighted by atomic mass is 10.0. The average Bonchev–Trinajstić information content (AvgIpc) is 2.83. The molecule has 0 radical (unpaired) electrons. The Morgan fingerprint density at radius 1 is 0.625 bits per heavy atom. The predicted molar refractivity (Wildman–Crippen MR) is 135 cm³/mol. The summed E-state index contributed by atoms with van der Waals surface area (Å²) in [5, 5.41) is 1.07. The third-order valence-electron chi connectivity index (χ3n) is 4.50. The molecule has 0 aliphatic rings. The Kier molecular flexibility index (Phi) is 8.23. The molecule has 160 valence electrons. The summed E-state index contributed by atoms with van der Waals surface area (Å²) in [6, 6.07) is 28.2.